The van der Waals surface area contributed by atoms with Gasteiger partial charge >= 0.3 is 17.9 Å². The summed E-state index contributed by atoms with van der Waals surface area (Å²) in [5.41, 5.74) is -1.72. The van der Waals surface area contributed by atoms with E-state index in [0.29, 0.717) is 25.7 Å². The van der Waals surface area contributed by atoms with Gasteiger partial charge in [-0.1, -0.05) is 47.1 Å². The third-order valence-electron chi connectivity index (χ3n) is 17.5. The van der Waals surface area contributed by atoms with Crippen LogP contribution in [0.3, 0.4) is 0 Å². The van der Waals surface area contributed by atoms with Crippen molar-refractivity contribution in [1.29, 1.82) is 0 Å². The average Bonchev–Trinajstić information content (AvgIpc) is 3.16. The molecule has 60 heavy (non-hydrogen) atoms. The fraction of sp³-hybridized carbons (Fsp3) is 0.864. The van der Waals surface area contributed by atoms with Crippen molar-refractivity contribution in [3.63, 3.8) is 0 Å². The molecule has 7 N–H and O–H groups in total. The van der Waals surface area contributed by atoms with Crippen LogP contribution in [0, 0.1) is 50.2 Å². The van der Waals surface area contributed by atoms with Crippen LogP contribution in [-0.4, -0.2) is 134 Å². The molecule has 0 aromatic heterocycles. The number of fused-ring (bicyclic) bond motifs is 7. The van der Waals surface area contributed by atoms with Gasteiger partial charge in [0.15, 0.2) is 30.6 Å². The first kappa shape index (κ1) is 45.5. The number of ketones is 1. The second-order valence-electron chi connectivity index (χ2n) is 21.0. The maximum atomic E-state index is 14.9. The normalized spacial score (nSPS) is 51.1. The van der Waals surface area contributed by atoms with Gasteiger partial charge in [0.2, 0.25) is 0 Å². The second-order valence-corrected chi connectivity index (χ2v) is 21.0. The molecule has 2 aliphatic heterocycles. The van der Waals surface area contributed by atoms with Crippen LogP contribution in [0.4, 0.5) is 0 Å². The molecule has 7 rings (SSSR count). The molecule has 19 atom stereocenters. The van der Waals surface area contributed by atoms with Gasteiger partial charge in [-0.25, -0.2) is 9.59 Å². The molecule has 4 saturated carbocycles. The number of carbonyl (C=O) groups excluding carboxylic acids is 2. The summed E-state index contributed by atoms with van der Waals surface area (Å²) in [6.07, 6.45) is -11.3. The van der Waals surface area contributed by atoms with E-state index in [-0.39, 0.29) is 41.0 Å². The van der Waals surface area contributed by atoms with E-state index in [2.05, 4.69) is 41.5 Å². The van der Waals surface area contributed by atoms with E-state index < -0.39 is 107 Å². The minimum absolute atomic E-state index is 0.0136. The standard InChI is InChI=1S/C44H66O16/c1-9-56-35(53)31-27(48)28(49)32(60-36-29(50)25(46)26(47)30(58-36)34(51)52)37(59-31)57-24-11-12-42(6)23(39(24,2)3)10-13-44(8)33(42)22(45)18-20-21-19-41(5,38(54)55)15-14-40(21,4)16-17-43(20,44)7/h18,21,23-33,36-37,46-50H,9-17,19H2,1-8H3,(H,51,52)(H,54,55)/t21-,23-,24-,25-,26-,27-,28-,29+,30-,31-,32+,33+,36-,37-,40+,41-,42-,43+,44+/m0/s1. The predicted octanol–water partition coefficient (Wildman–Crippen LogP) is 2.72. The minimum Gasteiger partial charge on any atom is -0.481 e. The number of carboxylic acid groups (broad SMARTS) is 2. The third-order valence-corrected chi connectivity index (χ3v) is 17.5. The van der Waals surface area contributed by atoms with E-state index in [0.717, 1.165) is 37.7 Å². The number of rotatable bonds is 8. The molecule has 338 valence electrons. The van der Waals surface area contributed by atoms with Crippen molar-refractivity contribution in [3.05, 3.63) is 11.6 Å². The highest BCUT2D eigenvalue weighted by Gasteiger charge is 2.71. The average molecular weight is 851 g/mol. The molecule has 0 aromatic carbocycles. The highest BCUT2D eigenvalue weighted by atomic mass is 16.8. The van der Waals surface area contributed by atoms with Gasteiger partial charge in [-0.2, -0.15) is 0 Å². The smallest absolute Gasteiger partial charge is 0.338 e. The molecule has 0 bridgehead atoms. The van der Waals surface area contributed by atoms with E-state index in [4.69, 9.17) is 23.7 Å². The minimum atomic E-state index is -2.02. The van der Waals surface area contributed by atoms with Crippen molar-refractivity contribution < 1.29 is 78.6 Å². The molecule has 0 aromatic rings. The molecular weight excluding hydrogens is 784 g/mol. The highest BCUT2D eigenvalue weighted by molar-refractivity contribution is 5.95. The number of hydrogen-bond acceptors (Lipinski definition) is 14. The van der Waals surface area contributed by atoms with Crippen molar-refractivity contribution in [1.82, 2.24) is 0 Å². The van der Waals surface area contributed by atoms with E-state index in [1.807, 2.05) is 13.0 Å². The number of allylic oxidation sites excluding steroid dienone is 2. The molecule has 0 unspecified atom stereocenters. The fourth-order valence-corrected chi connectivity index (χ4v) is 13.6. The van der Waals surface area contributed by atoms with Crippen LogP contribution >= 0.6 is 0 Å². The molecule has 2 saturated heterocycles. The molecule has 16 nitrogen and oxygen atoms in total. The summed E-state index contributed by atoms with van der Waals surface area (Å²) in [4.78, 5) is 52.3. The molecular formula is C44H66O16. The number of aliphatic hydroxyl groups is 5. The Bertz CT molecular complexity index is 1770. The van der Waals surface area contributed by atoms with Crippen molar-refractivity contribution in [3.8, 4) is 0 Å². The molecule has 7 aliphatic rings. The molecule has 5 aliphatic carbocycles. The van der Waals surface area contributed by atoms with Crippen LogP contribution in [0.5, 0.6) is 0 Å². The molecule has 6 fully saturated rings. The van der Waals surface area contributed by atoms with Gasteiger partial charge in [0.25, 0.3) is 0 Å². The maximum Gasteiger partial charge on any atom is 0.338 e. The Kier molecular flexibility index (Phi) is 11.6. The lowest BCUT2D eigenvalue weighted by molar-refractivity contribution is -0.371. The predicted molar refractivity (Wildman–Crippen MR) is 208 cm³/mol. The van der Waals surface area contributed by atoms with E-state index in [1.165, 1.54) is 0 Å². The van der Waals surface area contributed by atoms with Crippen LogP contribution in [0.25, 0.3) is 0 Å². The lowest BCUT2D eigenvalue weighted by Crippen LogP contribution is -2.68. The summed E-state index contributed by atoms with van der Waals surface area (Å²) in [7, 11) is 0. The van der Waals surface area contributed by atoms with E-state index in [9.17, 15) is 54.9 Å². The van der Waals surface area contributed by atoms with Gasteiger partial charge in [0.05, 0.1) is 18.1 Å². The van der Waals surface area contributed by atoms with Gasteiger partial charge < -0.3 is 59.4 Å². The van der Waals surface area contributed by atoms with E-state index >= 15 is 0 Å². The van der Waals surface area contributed by atoms with Crippen LogP contribution in [0.2, 0.25) is 0 Å². The molecule has 0 spiro atoms. The summed E-state index contributed by atoms with van der Waals surface area (Å²) >= 11 is 0. The number of hydrogen-bond donors (Lipinski definition) is 7. The number of aliphatic carboxylic acids is 2. The van der Waals surface area contributed by atoms with Gasteiger partial charge in [0.1, 0.15) is 36.6 Å². The van der Waals surface area contributed by atoms with Crippen LogP contribution in [0.15, 0.2) is 11.6 Å². The first-order chi connectivity index (χ1) is 27.8. The van der Waals surface area contributed by atoms with Gasteiger partial charge in [-0.15, -0.1) is 0 Å². The van der Waals surface area contributed by atoms with Crippen molar-refractivity contribution in [2.45, 2.75) is 181 Å². The zero-order valence-corrected chi connectivity index (χ0v) is 36.0. The Morgan fingerprint density at radius 1 is 0.750 bits per heavy atom. The topological polar surface area (TPSA) is 256 Å². The lowest BCUT2D eigenvalue weighted by Gasteiger charge is -2.70. The number of carbonyl (C=O) groups is 4. The Labute approximate surface area is 350 Å². The van der Waals surface area contributed by atoms with E-state index in [1.54, 1.807) is 6.92 Å². The first-order valence-corrected chi connectivity index (χ1v) is 21.7. The SMILES string of the molecule is CCOC(=O)[C@H]1O[C@H](O[C@H]2CC[C@]3(C)[C@H]4C(=O)C=C5[C@@H]6C[C@@](C)(C(=O)O)CC[C@]6(C)CC[C@@]5(C)[C@]4(C)CC[C@H]3C2(C)C)[C@H](O[C@@H]2O[C@H](C(=O)O)[C@@H](O)[C@H](O)[C@H]2O)[C@@H](O)[C@@H]1O. The summed E-state index contributed by atoms with van der Waals surface area (Å²) in [6, 6.07) is 0. The van der Waals surface area contributed by atoms with Gasteiger partial charge in [-0.3, -0.25) is 9.59 Å². The Morgan fingerprint density at radius 2 is 1.38 bits per heavy atom. The van der Waals surface area contributed by atoms with Crippen LogP contribution < -0.4 is 0 Å². The second kappa shape index (κ2) is 15.3. The largest absolute Gasteiger partial charge is 0.481 e. The zero-order chi connectivity index (χ0) is 44.3. The Balaban J connectivity index is 1.18. The molecule has 0 radical (unpaired) electrons. The number of carboxylic acids is 2. The van der Waals surface area contributed by atoms with Crippen LogP contribution in [0.1, 0.15) is 113 Å². The monoisotopic (exact) mass is 850 g/mol. The Hall–Kier alpha value is -2.54. The summed E-state index contributed by atoms with van der Waals surface area (Å²) in [5.74, 6) is -3.76. The van der Waals surface area contributed by atoms with Crippen LogP contribution in [-0.2, 0) is 42.9 Å². The highest BCUT2D eigenvalue weighted by Crippen LogP contribution is 2.75. The third kappa shape index (κ3) is 6.72. The maximum absolute atomic E-state index is 14.9. The number of ether oxygens (including phenoxy) is 5. The van der Waals surface area contributed by atoms with Crippen molar-refractivity contribution >= 4 is 23.7 Å². The first-order valence-electron chi connectivity index (χ1n) is 21.7. The lowest BCUT2D eigenvalue weighted by atomic mass is 9.33. The summed E-state index contributed by atoms with van der Waals surface area (Å²) in [6.45, 7) is 16.5. The number of esters is 1. The molecule has 0 amide bonds. The van der Waals surface area contributed by atoms with Crippen molar-refractivity contribution in [2.75, 3.05) is 6.61 Å². The van der Waals surface area contributed by atoms with Gasteiger partial charge in [0, 0.05) is 5.92 Å². The molecule has 2 heterocycles. The van der Waals surface area contributed by atoms with Gasteiger partial charge in [-0.05, 0) is 117 Å². The fourth-order valence-electron chi connectivity index (χ4n) is 13.6. The quantitative estimate of drug-likeness (QED) is 0.137. The molecule has 16 heteroatoms. The number of aliphatic hydroxyl groups excluding tert-OH is 5. The summed E-state index contributed by atoms with van der Waals surface area (Å²) in [5, 5.41) is 74.0. The Morgan fingerprint density at radius 3 is 2.02 bits per heavy atom. The van der Waals surface area contributed by atoms with Crippen molar-refractivity contribution in [2.24, 2.45) is 50.2 Å². The zero-order valence-electron chi connectivity index (χ0n) is 36.0. The summed E-state index contributed by atoms with van der Waals surface area (Å²) < 4.78 is 29.1.